The van der Waals surface area contributed by atoms with Gasteiger partial charge in [0.15, 0.2) is 6.10 Å². The third-order valence-electron chi connectivity index (χ3n) is 3.34. The van der Waals surface area contributed by atoms with Gasteiger partial charge in [0, 0.05) is 22.0 Å². The summed E-state index contributed by atoms with van der Waals surface area (Å²) in [7, 11) is 0. The first-order valence-corrected chi connectivity index (χ1v) is 7.14. The van der Waals surface area contributed by atoms with Crippen molar-refractivity contribution in [2.45, 2.75) is 6.10 Å². The summed E-state index contributed by atoms with van der Waals surface area (Å²) >= 11 is 1.52. The van der Waals surface area contributed by atoms with E-state index in [0.717, 1.165) is 10.1 Å². The van der Waals surface area contributed by atoms with Crippen LogP contribution in [0, 0.1) is 0 Å². The summed E-state index contributed by atoms with van der Waals surface area (Å²) in [6, 6.07) is 7.71. The van der Waals surface area contributed by atoms with Crippen LogP contribution in [0.2, 0.25) is 0 Å². The van der Waals surface area contributed by atoms with Crippen LogP contribution in [0.4, 0.5) is 0 Å². The molecule has 5 nitrogen and oxygen atoms in total. The van der Waals surface area contributed by atoms with Crippen LogP contribution >= 0.6 is 11.3 Å². The van der Waals surface area contributed by atoms with Crippen LogP contribution < -0.4 is 0 Å². The van der Waals surface area contributed by atoms with Gasteiger partial charge in [0.1, 0.15) is 0 Å². The fraction of sp³-hybridized carbons (Fsp3) is 0.286. The zero-order valence-corrected chi connectivity index (χ0v) is 11.4. The molecule has 1 aliphatic heterocycles. The fourth-order valence-electron chi connectivity index (χ4n) is 2.30. The number of hydrogen-bond donors (Lipinski definition) is 1. The number of ether oxygens (including phenoxy) is 1. The molecule has 6 heteroatoms. The highest BCUT2D eigenvalue weighted by Crippen LogP contribution is 2.27. The highest BCUT2D eigenvalue weighted by molar-refractivity contribution is 7.17. The number of carbonyl (C=O) groups is 2. The molecule has 1 aromatic carbocycles. The van der Waals surface area contributed by atoms with E-state index >= 15 is 0 Å². The lowest BCUT2D eigenvalue weighted by Gasteiger charge is -2.30. The Morgan fingerprint density at radius 2 is 2.15 bits per heavy atom. The van der Waals surface area contributed by atoms with Crippen molar-refractivity contribution in [1.29, 1.82) is 0 Å². The van der Waals surface area contributed by atoms with Crippen LogP contribution in [0.1, 0.15) is 10.4 Å². The number of carboxylic acid groups (broad SMARTS) is 1. The Morgan fingerprint density at radius 1 is 1.35 bits per heavy atom. The van der Waals surface area contributed by atoms with Gasteiger partial charge in [-0.25, -0.2) is 4.79 Å². The third-order valence-corrected chi connectivity index (χ3v) is 4.30. The Kier molecular flexibility index (Phi) is 3.42. The van der Waals surface area contributed by atoms with Crippen molar-refractivity contribution in [1.82, 2.24) is 4.90 Å². The molecule has 0 radical (unpaired) electrons. The summed E-state index contributed by atoms with van der Waals surface area (Å²) in [6.07, 6.45) is -0.933. The summed E-state index contributed by atoms with van der Waals surface area (Å²) in [4.78, 5) is 25.0. The molecule has 0 aliphatic carbocycles. The van der Waals surface area contributed by atoms with Crippen molar-refractivity contribution >= 4 is 33.3 Å². The molecule has 1 aliphatic rings. The van der Waals surface area contributed by atoms with E-state index in [1.807, 2.05) is 29.6 Å². The minimum Gasteiger partial charge on any atom is -0.479 e. The minimum absolute atomic E-state index is 0.0956. The van der Waals surface area contributed by atoms with Crippen LogP contribution in [0.15, 0.2) is 29.6 Å². The average Bonchev–Trinajstić information content (AvgIpc) is 2.90. The van der Waals surface area contributed by atoms with E-state index in [-0.39, 0.29) is 19.1 Å². The molecule has 1 unspecified atom stereocenters. The largest absolute Gasteiger partial charge is 0.479 e. The van der Waals surface area contributed by atoms with Gasteiger partial charge in [0.2, 0.25) is 0 Å². The molecular formula is C14H13NO4S. The number of fused-ring (bicyclic) bond motifs is 1. The number of benzene rings is 1. The topological polar surface area (TPSA) is 66.8 Å². The Bertz CT molecular complexity index is 666. The van der Waals surface area contributed by atoms with E-state index in [1.54, 1.807) is 4.90 Å². The zero-order chi connectivity index (χ0) is 14.1. The second-order valence-electron chi connectivity index (χ2n) is 4.59. The predicted molar refractivity (Wildman–Crippen MR) is 75.1 cm³/mol. The number of hydrogen-bond acceptors (Lipinski definition) is 4. The van der Waals surface area contributed by atoms with Gasteiger partial charge in [-0.3, -0.25) is 4.79 Å². The molecule has 3 rings (SSSR count). The van der Waals surface area contributed by atoms with Gasteiger partial charge in [-0.1, -0.05) is 18.2 Å². The van der Waals surface area contributed by atoms with E-state index in [1.165, 1.54) is 11.3 Å². The molecule has 1 N–H and O–H groups in total. The Labute approximate surface area is 119 Å². The summed E-state index contributed by atoms with van der Waals surface area (Å²) in [5, 5.41) is 11.7. The molecule has 0 spiro atoms. The lowest BCUT2D eigenvalue weighted by Crippen LogP contribution is -2.48. The highest BCUT2D eigenvalue weighted by atomic mass is 32.1. The first kappa shape index (κ1) is 13.1. The number of amides is 1. The molecule has 1 amide bonds. The predicted octanol–water partition coefficient (Wildman–Crippen LogP) is 1.83. The van der Waals surface area contributed by atoms with Crippen molar-refractivity contribution in [2.75, 3.05) is 19.7 Å². The Balaban J connectivity index is 1.87. The number of aliphatic carboxylic acids is 1. The van der Waals surface area contributed by atoms with Crippen LogP contribution in [0.3, 0.4) is 0 Å². The number of carbonyl (C=O) groups excluding carboxylic acids is 1. The monoisotopic (exact) mass is 291 g/mol. The highest BCUT2D eigenvalue weighted by Gasteiger charge is 2.30. The maximum Gasteiger partial charge on any atom is 0.334 e. The van der Waals surface area contributed by atoms with Gasteiger partial charge in [-0.2, -0.15) is 0 Å². The molecular weight excluding hydrogens is 278 g/mol. The van der Waals surface area contributed by atoms with E-state index in [2.05, 4.69) is 0 Å². The fourth-order valence-corrected chi connectivity index (χ4v) is 3.23. The molecule has 0 saturated carbocycles. The number of morpholine rings is 1. The zero-order valence-electron chi connectivity index (χ0n) is 10.6. The van der Waals surface area contributed by atoms with Gasteiger partial charge < -0.3 is 14.7 Å². The molecule has 1 atom stereocenters. The summed E-state index contributed by atoms with van der Waals surface area (Å²) in [5.74, 6) is -1.16. The number of nitrogens with zero attached hydrogens (tertiary/aromatic N) is 1. The van der Waals surface area contributed by atoms with Crippen molar-refractivity contribution in [3.8, 4) is 0 Å². The lowest BCUT2D eigenvalue weighted by atomic mass is 10.1. The Morgan fingerprint density at radius 3 is 2.95 bits per heavy atom. The van der Waals surface area contributed by atoms with Crippen LogP contribution in [0.5, 0.6) is 0 Å². The molecule has 1 saturated heterocycles. The number of rotatable bonds is 2. The average molecular weight is 291 g/mol. The molecule has 104 valence electrons. The number of thiophene rings is 1. The molecule has 20 heavy (non-hydrogen) atoms. The normalized spacial score (nSPS) is 19.2. The standard InChI is InChI=1S/C14H13NO4S/c16-13(15-5-6-19-11(7-15)14(17)18)10-8-20-12-4-2-1-3-9(10)12/h1-4,8,11H,5-7H2,(H,17,18). The Hall–Kier alpha value is -1.92. The van der Waals surface area contributed by atoms with Crippen LogP contribution in [0.25, 0.3) is 10.1 Å². The summed E-state index contributed by atoms with van der Waals surface area (Å²) in [5.41, 5.74) is 0.636. The van der Waals surface area contributed by atoms with Crippen molar-refractivity contribution in [3.63, 3.8) is 0 Å². The van der Waals surface area contributed by atoms with Crippen molar-refractivity contribution < 1.29 is 19.4 Å². The number of carboxylic acids is 1. The molecule has 2 aromatic rings. The maximum atomic E-state index is 12.5. The lowest BCUT2D eigenvalue weighted by molar-refractivity contribution is -0.154. The van der Waals surface area contributed by atoms with Gasteiger partial charge >= 0.3 is 5.97 Å². The van der Waals surface area contributed by atoms with E-state index < -0.39 is 12.1 Å². The smallest absolute Gasteiger partial charge is 0.334 e. The van der Waals surface area contributed by atoms with Gasteiger partial charge in [-0.15, -0.1) is 11.3 Å². The summed E-state index contributed by atoms with van der Waals surface area (Å²) < 4.78 is 6.19. The minimum atomic E-state index is -1.03. The molecule has 0 bridgehead atoms. The first-order valence-electron chi connectivity index (χ1n) is 6.27. The maximum absolute atomic E-state index is 12.5. The van der Waals surface area contributed by atoms with E-state index in [9.17, 15) is 9.59 Å². The second kappa shape index (κ2) is 5.22. The van der Waals surface area contributed by atoms with Crippen molar-refractivity contribution in [2.24, 2.45) is 0 Å². The molecule has 2 heterocycles. The van der Waals surface area contributed by atoms with Gasteiger partial charge in [0.05, 0.1) is 18.7 Å². The van der Waals surface area contributed by atoms with Gasteiger partial charge in [-0.05, 0) is 6.07 Å². The van der Waals surface area contributed by atoms with E-state index in [0.29, 0.717) is 12.1 Å². The summed E-state index contributed by atoms with van der Waals surface area (Å²) in [6.45, 7) is 0.774. The molecule has 1 aromatic heterocycles. The first-order chi connectivity index (χ1) is 9.66. The van der Waals surface area contributed by atoms with E-state index in [4.69, 9.17) is 9.84 Å². The van der Waals surface area contributed by atoms with Crippen LogP contribution in [-0.2, 0) is 9.53 Å². The quantitative estimate of drug-likeness (QED) is 0.916. The second-order valence-corrected chi connectivity index (χ2v) is 5.51. The third kappa shape index (κ3) is 2.28. The van der Waals surface area contributed by atoms with Gasteiger partial charge in [0.25, 0.3) is 5.91 Å². The van der Waals surface area contributed by atoms with Crippen molar-refractivity contribution in [3.05, 3.63) is 35.2 Å². The SMILES string of the molecule is O=C(O)C1CN(C(=O)c2csc3ccccc23)CCO1. The molecule has 1 fully saturated rings. The van der Waals surface area contributed by atoms with Crippen LogP contribution in [-0.4, -0.2) is 47.7 Å².